The van der Waals surface area contributed by atoms with E-state index >= 15 is 0 Å². The van der Waals surface area contributed by atoms with E-state index in [1.165, 1.54) is 0 Å². The zero-order valence-electron chi connectivity index (χ0n) is 17.8. The summed E-state index contributed by atoms with van der Waals surface area (Å²) in [5.74, 6) is -1.11. The maximum atomic E-state index is 12.7. The van der Waals surface area contributed by atoms with Gasteiger partial charge < -0.3 is 5.32 Å². The lowest BCUT2D eigenvalue weighted by Gasteiger charge is -2.19. The Morgan fingerprint density at radius 2 is 1.88 bits per heavy atom. The van der Waals surface area contributed by atoms with Crippen LogP contribution < -0.4 is 16.3 Å². The van der Waals surface area contributed by atoms with E-state index in [0.29, 0.717) is 18.4 Å². The van der Waals surface area contributed by atoms with Crippen LogP contribution >= 0.6 is 0 Å². The standard InChI is InChI=1S/C25H24N4O4/c30-24(27-21-7-3-5-19(21)25(31)28-32)16-10-8-15(9-11-16)23-14-22(29-33-23)18-12-13-26-20-6-2-1-4-17(18)20/h1-2,4,6,8-14,19,21,23,29,32H,3,5,7H2,(H,27,30)(H,28,31). The summed E-state index contributed by atoms with van der Waals surface area (Å²) in [5, 5.41) is 12.9. The summed E-state index contributed by atoms with van der Waals surface area (Å²) in [7, 11) is 0. The Balaban J connectivity index is 1.29. The van der Waals surface area contributed by atoms with Gasteiger partial charge in [0.05, 0.1) is 17.1 Å². The van der Waals surface area contributed by atoms with Gasteiger partial charge in [0.15, 0.2) is 0 Å². The third-order valence-corrected chi connectivity index (χ3v) is 6.33. The molecule has 2 amide bonds. The number of nitrogens with one attached hydrogen (secondary N) is 3. The van der Waals surface area contributed by atoms with Gasteiger partial charge in [-0.1, -0.05) is 36.8 Å². The predicted octanol–water partition coefficient (Wildman–Crippen LogP) is 3.26. The van der Waals surface area contributed by atoms with Crippen LogP contribution in [0.2, 0.25) is 0 Å². The molecule has 8 heteroatoms. The molecule has 3 aromatic rings. The number of benzene rings is 2. The summed E-state index contributed by atoms with van der Waals surface area (Å²) in [6.45, 7) is 0. The van der Waals surface area contributed by atoms with E-state index in [9.17, 15) is 9.59 Å². The smallest absolute Gasteiger partial charge is 0.251 e. The molecule has 2 aliphatic rings. The van der Waals surface area contributed by atoms with Crippen molar-refractivity contribution in [2.75, 3.05) is 0 Å². The minimum atomic E-state index is -0.455. The molecule has 2 heterocycles. The number of para-hydroxylation sites is 1. The normalized spacial score (nSPS) is 22.0. The van der Waals surface area contributed by atoms with Gasteiger partial charge in [-0.2, -0.15) is 0 Å². The topological polar surface area (TPSA) is 113 Å². The molecule has 1 aliphatic heterocycles. The molecule has 3 unspecified atom stereocenters. The van der Waals surface area contributed by atoms with Crippen LogP contribution in [0.15, 0.2) is 66.9 Å². The van der Waals surface area contributed by atoms with E-state index < -0.39 is 11.8 Å². The predicted molar refractivity (Wildman–Crippen MR) is 122 cm³/mol. The Kier molecular flexibility index (Phi) is 5.77. The summed E-state index contributed by atoms with van der Waals surface area (Å²) >= 11 is 0. The van der Waals surface area contributed by atoms with Crippen molar-refractivity contribution < 1.29 is 19.6 Å². The molecule has 0 bridgehead atoms. The van der Waals surface area contributed by atoms with Crippen LogP contribution in [0, 0.1) is 5.92 Å². The molecule has 1 aromatic heterocycles. The maximum Gasteiger partial charge on any atom is 0.251 e. The Hall–Kier alpha value is -3.75. The van der Waals surface area contributed by atoms with E-state index in [-0.39, 0.29) is 18.1 Å². The van der Waals surface area contributed by atoms with Gasteiger partial charge in [-0.15, -0.1) is 0 Å². The van der Waals surface area contributed by atoms with E-state index in [0.717, 1.165) is 34.1 Å². The molecule has 4 N–H and O–H groups in total. The van der Waals surface area contributed by atoms with Crippen LogP contribution in [0.25, 0.3) is 16.6 Å². The number of hydrogen-bond acceptors (Lipinski definition) is 6. The van der Waals surface area contributed by atoms with Crippen molar-refractivity contribution in [1.82, 2.24) is 21.3 Å². The monoisotopic (exact) mass is 444 g/mol. The quantitative estimate of drug-likeness (QED) is 0.355. The molecule has 1 fully saturated rings. The van der Waals surface area contributed by atoms with Crippen molar-refractivity contribution >= 4 is 28.4 Å². The van der Waals surface area contributed by atoms with Crippen molar-refractivity contribution in [2.45, 2.75) is 31.4 Å². The Bertz CT molecular complexity index is 1220. The second kappa shape index (κ2) is 9.01. The zero-order chi connectivity index (χ0) is 22.8. The van der Waals surface area contributed by atoms with Crippen molar-refractivity contribution in [2.24, 2.45) is 5.92 Å². The number of nitrogens with zero attached hydrogens (tertiary/aromatic N) is 1. The summed E-state index contributed by atoms with van der Waals surface area (Å²) < 4.78 is 0. The lowest BCUT2D eigenvalue weighted by molar-refractivity contribution is -0.133. The minimum absolute atomic E-state index is 0.242. The van der Waals surface area contributed by atoms with E-state index in [2.05, 4.69) is 15.8 Å². The first-order chi connectivity index (χ1) is 16.1. The molecule has 2 aromatic carbocycles. The lowest BCUT2D eigenvalue weighted by atomic mass is 10.0. The molecule has 0 spiro atoms. The average Bonchev–Trinajstić information content (AvgIpc) is 3.53. The Labute approximate surface area is 190 Å². The first-order valence-electron chi connectivity index (χ1n) is 11.0. The molecule has 1 saturated carbocycles. The van der Waals surface area contributed by atoms with Crippen molar-refractivity contribution in [1.29, 1.82) is 0 Å². The number of pyridine rings is 1. The van der Waals surface area contributed by atoms with E-state index in [1.807, 2.05) is 48.5 Å². The molecule has 1 aliphatic carbocycles. The van der Waals surface area contributed by atoms with Gasteiger partial charge in [-0.3, -0.25) is 30.1 Å². The summed E-state index contributed by atoms with van der Waals surface area (Å²) in [6, 6.07) is 16.8. The fraction of sp³-hybridized carbons (Fsp3) is 0.240. The molecule has 3 atom stereocenters. The summed E-state index contributed by atoms with van der Waals surface area (Å²) in [5.41, 5.74) is 8.92. The largest absolute Gasteiger partial charge is 0.349 e. The average molecular weight is 444 g/mol. The number of aromatic nitrogens is 1. The van der Waals surface area contributed by atoms with E-state index in [1.54, 1.807) is 23.8 Å². The lowest BCUT2D eigenvalue weighted by Crippen LogP contribution is -2.43. The highest BCUT2D eigenvalue weighted by molar-refractivity contribution is 5.95. The van der Waals surface area contributed by atoms with Crippen LogP contribution in [0.4, 0.5) is 0 Å². The van der Waals surface area contributed by atoms with Gasteiger partial charge in [0.2, 0.25) is 5.91 Å². The molecule has 0 saturated heterocycles. The summed E-state index contributed by atoms with van der Waals surface area (Å²) in [6.07, 6.45) is 5.67. The minimum Gasteiger partial charge on any atom is -0.349 e. The molecular formula is C25H24N4O4. The molecule has 0 radical (unpaired) electrons. The number of rotatable bonds is 5. The number of carbonyl (C=O) groups is 2. The molecule has 5 rings (SSSR count). The van der Waals surface area contributed by atoms with Crippen LogP contribution in [0.1, 0.15) is 46.9 Å². The van der Waals surface area contributed by atoms with Crippen molar-refractivity contribution in [3.05, 3.63) is 83.6 Å². The number of fused-ring (bicyclic) bond motifs is 1. The number of carbonyl (C=O) groups excluding carboxylic acids is 2. The first-order valence-corrected chi connectivity index (χ1v) is 11.0. The van der Waals surface area contributed by atoms with Crippen LogP contribution in [-0.2, 0) is 9.63 Å². The van der Waals surface area contributed by atoms with Crippen molar-refractivity contribution in [3.63, 3.8) is 0 Å². The number of amides is 2. The maximum absolute atomic E-state index is 12.7. The third kappa shape index (κ3) is 4.18. The first kappa shape index (κ1) is 21.1. The molecule has 168 valence electrons. The highest BCUT2D eigenvalue weighted by atomic mass is 16.7. The SMILES string of the molecule is O=C(NC1CCCC1C(=O)NO)c1ccc(C2C=C(c3ccnc4ccccc34)NO2)cc1. The second-order valence-electron chi connectivity index (χ2n) is 8.31. The zero-order valence-corrected chi connectivity index (χ0v) is 17.8. The van der Waals surface area contributed by atoms with Gasteiger partial charge in [0, 0.05) is 28.8 Å². The fourth-order valence-corrected chi connectivity index (χ4v) is 4.59. The molecular weight excluding hydrogens is 420 g/mol. The number of hydroxylamine groups is 2. The molecule has 8 nitrogen and oxygen atoms in total. The van der Waals surface area contributed by atoms with Crippen molar-refractivity contribution in [3.8, 4) is 0 Å². The van der Waals surface area contributed by atoms with Gasteiger partial charge in [0.1, 0.15) is 6.10 Å². The van der Waals surface area contributed by atoms with Gasteiger partial charge in [-0.25, -0.2) is 5.48 Å². The van der Waals surface area contributed by atoms with Gasteiger partial charge in [0.25, 0.3) is 5.91 Å². The van der Waals surface area contributed by atoms with Crippen LogP contribution in [0.3, 0.4) is 0 Å². The molecule has 33 heavy (non-hydrogen) atoms. The fourth-order valence-electron chi connectivity index (χ4n) is 4.59. The third-order valence-electron chi connectivity index (χ3n) is 6.33. The van der Waals surface area contributed by atoms with Gasteiger partial charge >= 0.3 is 0 Å². The Morgan fingerprint density at radius 3 is 2.70 bits per heavy atom. The highest BCUT2D eigenvalue weighted by Crippen LogP contribution is 2.31. The highest BCUT2D eigenvalue weighted by Gasteiger charge is 2.34. The van der Waals surface area contributed by atoms with Crippen LogP contribution in [0.5, 0.6) is 0 Å². The Morgan fingerprint density at radius 1 is 1.06 bits per heavy atom. The van der Waals surface area contributed by atoms with E-state index in [4.69, 9.17) is 10.0 Å². The summed E-state index contributed by atoms with van der Waals surface area (Å²) in [4.78, 5) is 34.7. The number of hydrogen-bond donors (Lipinski definition) is 4. The van der Waals surface area contributed by atoms with Crippen LogP contribution in [-0.4, -0.2) is 28.0 Å². The second-order valence-corrected chi connectivity index (χ2v) is 8.31. The van der Waals surface area contributed by atoms with Gasteiger partial charge in [-0.05, 0) is 48.7 Å².